The summed E-state index contributed by atoms with van der Waals surface area (Å²) in [5, 5.41) is 3.17. The van der Waals surface area contributed by atoms with E-state index in [1.54, 1.807) is 19.2 Å². The fraction of sp³-hybridized carbons (Fsp3) is 0.500. The van der Waals surface area contributed by atoms with Crippen LogP contribution >= 0.6 is 0 Å². The second-order valence-corrected chi connectivity index (χ2v) is 3.67. The number of halogens is 1. The third-order valence-corrected chi connectivity index (χ3v) is 2.65. The van der Waals surface area contributed by atoms with Gasteiger partial charge in [0.25, 0.3) is 0 Å². The van der Waals surface area contributed by atoms with Crippen molar-refractivity contribution in [1.82, 2.24) is 5.32 Å². The van der Waals surface area contributed by atoms with Crippen molar-refractivity contribution in [1.29, 1.82) is 0 Å². The minimum atomic E-state index is -0.188. The highest BCUT2D eigenvalue weighted by Crippen LogP contribution is 2.09. The Kier molecular flexibility index (Phi) is 4.72. The molecule has 0 heterocycles. The van der Waals surface area contributed by atoms with Gasteiger partial charge in [-0.2, -0.15) is 0 Å². The first-order valence-corrected chi connectivity index (χ1v) is 5.12. The minimum Gasteiger partial charge on any atom is -0.380 e. The van der Waals surface area contributed by atoms with Crippen LogP contribution in [0.15, 0.2) is 24.3 Å². The van der Waals surface area contributed by atoms with E-state index in [9.17, 15) is 4.39 Å². The van der Waals surface area contributed by atoms with Crippen molar-refractivity contribution in [2.45, 2.75) is 25.5 Å². The van der Waals surface area contributed by atoms with Crippen LogP contribution in [0.3, 0.4) is 0 Å². The van der Waals surface area contributed by atoms with Crippen molar-refractivity contribution >= 4 is 0 Å². The minimum absolute atomic E-state index is 0.110. The van der Waals surface area contributed by atoms with Crippen LogP contribution < -0.4 is 5.32 Å². The van der Waals surface area contributed by atoms with Crippen LogP contribution in [-0.2, 0) is 11.2 Å². The molecule has 15 heavy (non-hydrogen) atoms. The van der Waals surface area contributed by atoms with Crippen LogP contribution in [0.5, 0.6) is 0 Å². The van der Waals surface area contributed by atoms with Crippen LogP contribution in [0.2, 0.25) is 0 Å². The van der Waals surface area contributed by atoms with Gasteiger partial charge in [-0.05, 0) is 38.1 Å². The smallest absolute Gasteiger partial charge is 0.123 e. The molecule has 84 valence electrons. The van der Waals surface area contributed by atoms with Crippen molar-refractivity contribution in [3.05, 3.63) is 35.6 Å². The maximum Gasteiger partial charge on any atom is 0.123 e. The second kappa shape index (κ2) is 5.83. The predicted molar refractivity (Wildman–Crippen MR) is 59.4 cm³/mol. The van der Waals surface area contributed by atoms with Crippen molar-refractivity contribution in [3.63, 3.8) is 0 Å². The molecule has 3 heteroatoms. The lowest BCUT2D eigenvalue weighted by atomic mass is 10.0. The fourth-order valence-electron chi connectivity index (χ4n) is 1.58. The summed E-state index contributed by atoms with van der Waals surface area (Å²) in [6.07, 6.45) is 0.877. The van der Waals surface area contributed by atoms with Gasteiger partial charge in [0.15, 0.2) is 0 Å². The SMILES string of the molecule is CNC(Cc1cccc(F)c1)C(C)OC. The van der Waals surface area contributed by atoms with Crippen LogP contribution in [0.25, 0.3) is 0 Å². The highest BCUT2D eigenvalue weighted by Gasteiger charge is 2.15. The van der Waals surface area contributed by atoms with Gasteiger partial charge in [0, 0.05) is 13.2 Å². The van der Waals surface area contributed by atoms with E-state index in [1.165, 1.54) is 6.07 Å². The largest absolute Gasteiger partial charge is 0.380 e. The Hall–Kier alpha value is -0.930. The highest BCUT2D eigenvalue weighted by atomic mass is 19.1. The predicted octanol–water partition coefficient (Wildman–Crippen LogP) is 1.99. The summed E-state index contributed by atoms with van der Waals surface area (Å²) in [6, 6.07) is 6.88. The summed E-state index contributed by atoms with van der Waals surface area (Å²) in [7, 11) is 3.57. The molecule has 0 fully saturated rings. The average molecular weight is 211 g/mol. The van der Waals surface area contributed by atoms with Gasteiger partial charge in [-0.15, -0.1) is 0 Å². The monoisotopic (exact) mass is 211 g/mol. The van der Waals surface area contributed by atoms with Crippen molar-refractivity contribution in [2.75, 3.05) is 14.2 Å². The average Bonchev–Trinajstić information content (AvgIpc) is 2.25. The summed E-state index contributed by atoms with van der Waals surface area (Å²) in [6.45, 7) is 2.00. The molecular formula is C12H18FNO. The molecule has 0 aliphatic rings. The zero-order chi connectivity index (χ0) is 11.3. The van der Waals surface area contributed by atoms with Crippen LogP contribution in [-0.4, -0.2) is 26.3 Å². The Morgan fingerprint density at radius 1 is 1.47 bits per heavy atom. The number of hydrogen-bond acceptors (Lipinski definition) is 2. The number of likely N-dealkylation sites (N-methyl/N-ethyl adjacent to an activating group) is 1. The van der Waals surface area contributed by atoms with Gasteiger partial charge in [-0.1, -0.05) is 12.1 Å². The summed E-state index contributed by atoms with van der Waals surface area (Å²) in [5.41, 5.74) is 0.984. The Morgan fingerprint density at radius 3 is 2.73 bits per heavy atom. The topological polar surface area (TPSA) is 21.3 Å². The molecule has 1 aromatic rings. The van der Waals surface area contributed by atoms with Gasteiger partial charge in [0.05, 0.1) is 6.10 Å². The maximum atomic E-state index is 13.0. The van der Waals surface area contributed by atoms with E-state index >= 15 is 0 Å². The standard InChI is InChI=1S/C12H18FNO/c1-9(15-3)12(14-2)8-10-5-4-6-11(13)7-10/h4-7,9,12,14H,8H2,1-3H3. The molecule has 0 saturated heterocycles. The molecule has 0 spiro atoms. The molecular weight excluding hydrogens is 193 g/mol. The number of ether oxygens (including phenoxy) is 1. The molecule has 0 amide bonds. The molecule has 1 N–H and O–H groups in total. The van der Waals surface area contributed by atoms with E-state index < -0.39 is 0 Å². The van der Waals surface area contributed by atoms with Gasteiger partial charge in [-0.25, -0.2) is 4.39 Å². The molecule has 0 aromatic heterocycles. The molecule has 0 bridgehead atoms. The quantitative estimate of drug-likeness (QED) is 0.804. The molecule has 2 unspecified atom stereocenters. The first-order valence-electron chi connectivity index (χ1n) is 5.12. The summed E-state index contributed by atoms with van der Waals surface area (Å²) in [5.74, 6) is -0.188. The first-order chi connectivity index (χ1) is 7.17. The van der Waals surface area contributed by atoms with E-state index in [0.717, 1.165) is 12.0 Å². The number of rotatable bonds is 5. The second-order valence-electron chi connectivity index (χ2n) is 3.67. The molecule has 1 rings (SSSR count). The van der Waals surface area contributed by atoms with Crippen LogP contribution in [0, 0.1) is 5.82 Å². The Balaban J connectivity index is 2.66. The van der Waals surface area contributed by atoms with Gasteiger partial charge in [-0.3, -0.25) is 0 Å². The lowest BCUT2D eigenvalue weighted by Crippen LogP contribution is -2.38. The maximum absolute atomic E-state index is 13.0. The summed E-state index contributed by atoms with van der Waals surface area (Å²) in [4.78, 5) is 0. The molecule has 1 aromatic carbocycles. The number of nitrogens with one attached hydrogen (secondary N) is 1. The Morgan fingerprint density at radius 2 is 2.20 bits per heavy atom. The first kappa shape index (κ1) is 12.1. The van der Waals surface area contributed by atoms with E-state index in [2.05, 4.69) is 5.32 Å². The molecule has 0 aliphatic carbocycles. The Labute approximate surface area is 90.4 Å². The Bertz CT molecular complexity index is 303. The van der Waals surface area contributed by atoms with E-state index in [4.69, 9.17) is 4.74 Å². The normalized spacial score (nSPS) is 14.9. The van der Waals surface area contributed by atoms with E-state index in [-0.39, 0.29) is 18.0 Å². The van der Waals surface area contributed by atoms with Crippen molar-refractivity contribution in [2.24, 2.45) is 0 Å². The fourth-order valence-corrected chi connectivity index (χ4v) is 1.58. The van der Waals surface area contributed by atoms with Crippen molar-refractivity contribution < 1.29 is 9.13 Å². The number of hydrogen-bond donors (Lipinski definition) is 1. The summed E-state index contributed by atoms with van der Waals surface area (Å²) < 4.78 is 18.2. The number of benzene rings is 1. The third kappa shape index (κ3) is 3.61. The lowest BCUT2D eigenvalue weighted by molar-refractivity contribution is 0.0857. The van der Waals surface area contributed by atoms with E-state index in [0.29, 0.717) is 0 Å². The van der Waals surface area contributed by atoms with Gasteiger partial charge in [0.2, 0.25) is 0 Å². The molecule has 2 atom stereocenters. The van der Waals surface area contributed by atoms with Gasteiger partial charge >= 0.3 is 0 Å². The van der Waals surface area contributed by atoms with Gasteiger partial charge in [0.1, 0.15) is 5.82 Å². The zero-order valence-corrected chi connectivity index (χ0v) is 9.46. The van der Waals surface area contributed by atoms with Crippen LogP contribution in [0.4, 0.5) is 4.39 Å². The zero-order valence-electron chi connectivity index (χ0n) is 9.46. The van der Waals surface area contributed by atoms with Gasteiger partial charge < -0.3 is 10.1 Å². The number of methoxy groups -OCH3 is 1. The molecule has 0 radical (unpaired) electrons. The lowest BCUT2D eigenvalue weighted by Gasteiger charge is -2.22. The van der Waals surface area contributed by atoms with E-state index in [1.807, 2.05) is 20.0 Å². The summed E-state index contributed by atoms with van der Waals surface area (Å²) >= 11 is 0. The highest BCUT2D eigenvalue weighted by molar-refractivity contribution is 5.17. The third-order valence-electron chi connectivity index (χ3n) is 2.65. The van der Waals surface area contributed by atoms with Crippen LogP contribution in [0.1, 0.15) is 12.5 Å². The molecule has 0 aliphatic heterocycles. The molecule has 2 nitrogen and oxygen atoms in total. The van der Waals surface area contributed by atoms with Crippen molar-refractivity contribution in [3.8, 4) is 0 Å². The molecule has 0 saturated carbocycles.